The van der Waals surface area contributed by atoms with Crippen LogP contribution in [0.3, 0.4) is 0 Å². The molecule has 6 nitrogen and oxygen atoms in total. The summed E-state index contributed by atoms with van der Waals surface area (Å²) < 4.78 is 7.39. The Labute approximate surface area is 121 Å². The fraction of sp³-hybridized carbons (Fsp3) is 0.200. The SMILES string of the molecule is Cc1cc2ncn(Cc3cc(C(=O)NN)co3)c2cc1C. The monoisotopic (exact) mass is 284 g/mol. The smallest absolute Gasteiger partial charge is 0.268 e. The Kier molecular flexibility index (Phi) is 3.23. The Hall–Kier alpha value is -2.60. The molecule has 0 atom stereocenters. The molecule has 2 aromatic heterocycles. The quantitative estimate of drug-likeness (QED) is 0.437. The molecule has 6 heteroatoms. The average Bonchev–Trinajstić information content (AvgIpc) is 3.08. The molecule has 1 amide bonds. The second kappa shape index (κ2) is 5.06. The molecule has 0 aliphatic rings. The molecule has 3 aromatic rings. The molecule has 3 N–H and O–H groups in total. The number of nitrogen functional groups attached to an aromatic ring is 1. The van der Waals surface area contributed by atoms with Crippen LogP contribution in [0.5, 0.6) is 0 Å². The molecular formula is C15H16N4O2. The first-order valence-electron chi connectivity index (χ1n) is 6.59. The Bertz CT molecular complexity index is 816. The number of rotatable bonds is 3. The van der Waals surface area contributed by atoms with Crippen LogP contribution in [0.2, 0.25) is 0 Å². The molecular weight excluding hydrogens is 268 g/mol. The van der Waals surface area contributed by atoms with Crippen LogP contribution in [0.25, 0.3) is 11.0 Å². The van der Waals surface area contributed by atoms with E-state index in [9.17, 15) is 4.79 Å². The molecule has 0 saturated heterocycles. The minimum absolute atomic E-state index is 0.369. The van der Waals surface area contributed by atoms with Crippen molar-refractivity contribution in [3.05, 3.63) is 53.2 Å². The molecule has 0 unspecified atom stereocenters. The lowest BCUT2D eigenvalue weighted by Crippen LogP contribution is -2.29. The van der Waals surface area contributed by atoms with Crippen LogP contribution in [0.1, 0.15) is 27.2 Å². The molecule has 0 bridgehead atoms. The first kappa shape index (κ1) is 13.4. The van der Waals surface area contributed by atoms with Gasteiger partial charge in [0.05, 0.1) is 29.5 Å². The summed E-state index contributed by atoms with van der Waals surface area (Å²) >= 11 is 0. The number of carbonyl (C=O) groups is 1. The number of benzene rings is 1. The van der Waals surface area contributed by atoms with Crippen molar-refractivity contribution >= 4 is 16.9 Å². The molecule has 0 aliphatic carbocycles. The van der Waals surface area contributed by atoms with Crippen molar-refractivity contribution < 1.29 is 9.21 Å². The largest absolute Gasteiger partial charge is 0.467 e. The predicted octanol–water partition coefficient (Wildman–Crippen LogP) is 1.90. The fourth-order valence-electron chi connectivity index (χ4n) is 2.27. The van der Waals surface area contributed by atoms with E-state index in [1.54, 1.807) is 12.4 Å². The maximum absolute atomic E-state index is 11.4. The number of hydrogen-bond acceptors (Lipinski definition) is 4. The fourth-order valence-corrected chi connectivity index (χ4v) is 2.27. The van der Waals surface area contributed by atoms with Crippen LogP contribution in [0.15, 0.2) is 35.2 Å². The number of nitrogens with one attached hydrogen (secondary N) is 1. The summed E-state index contributed by atoms with van der Waals surface area (Å²) in [5.74, 6) is 5.40. The van der Waals surface area contributed by atoms with E-state index >= 15 is 0 Å². The Morgan fingerprint density at radius 1 is 1.33 bits per heavy atom. The van der Waals surface area contributed by atoms with Gasteiger partial charge in [0.25, 0.3) is 5.91 Å². The van der Waals surface area contributed by atoms with Crippen LogP contribution < -0.4 is 11.3 Å². The molecule has 0 fully saturated rings. The number of fused-ring (bicyclic) bond motifs is 1. The highest BCUT2D eigenvalue weighted by Crippen LogP contribution is 2.20. The van der Waals surface area contributed by atoms with Gasteiger partial charge in [-0.1, -0.05) is 0 Å². The molecule has 21 heavy (non-hydrogen) atoms. The molecule has 0 spiro atoms. The zero-order valence-electron chi connectivity index (χ0n) is 11.9. The Morgan fingerprint density at radius 3 is 2.86 bits per heavy atom. The van der Waals surface area contributed by atoms with Crippen molar-refractivity contribution in [3.8, 4) is 0 Å². The Morgan fingerprint density at radius 2 is 2.10 bits per heavy atom. The van der Waals surface area contributed by atoms with E-state index in [1.807, 2.05) is 4.57 Å². The number of aryl methyl sites for hydroxylation is 2. The van der Waals surface area contributed by atoms with Crippen molar-refractivity contribution in [2.75, 3.05) is 0 Å². The second-order valence-corrected chi connectivity index (χ2v) is 5.07. The van der Waals surface area contributed by atoms with Crippen molar-refractivity contribution in [1.29, 1.82) is 0 Å². The maximum Gasteiger partial charge on any atom is 0.268 e. The van der Waals surface area contributed by atoms with Gasteiger partial charge in [0.2, 0.25) is 0 Å². The highest BCUT2D eigenvalue weighted by molar-refractivity contribution is 5.93. The van der Waals surface area contributed by atoms with E-state index in [1.165, 1.54) is 17.4 Å². The van der Waals surface area contributed by atoms with E-state index < -0.39 is 0 Å². The number of furan rings is 1. The molecule has 2 heterocycles. The number of aromatic nitrogens is 2. The first-order chi connectivity index (χ1) is 10.1. The molecule has 1 aromatic carbocycles. The lowest BCUT2D eigenvalue weighted by Gasteiger charge is -2.04. The number of imidazole rings is 1. The summed E-state index contributed by atoms with van der Waals surface area (Å²) in [6.45, 7) is 4.65. The van der Waals surface area contributed by atoms with Crippen molar-refractivity contribution in [2.24, 2.45) is 5.84 Å². The molecule has 0 radical (unpaired) electrons. The number of nitrogens with two attached hydrogens (primary N) is 1. The summed E-state index contributed by atoms with van der Waals surface area (Å²) in [7, 11) is 0. The van der Waals surface area contributed by atoms with E-state index in [-0.39, 0.29) is 5.91 Å². The number of nitrogens with zero attached hydrogens (tertiary/aromatic N) is 2. The molecule has 108 valence electrons. The van der Waals surface area contributed by atoms with Gasteiger partial charge in [-0.3, -0.25) is 10.2 Å². The molecule has 0 aliphatic heterocycles. The van der Waals surface area contributed by atoms with Crippen molar-refractivity contribution in [2.45, 2.75) is 20.4 Å². The van der Waals surface area contributed by atoms with Gasteiger partial charge in [-0.05, 0) is 43.2 Å². The van der Waals surface area contributed by atoms with Crippen LogP contribution in [-0.4, -0.2) is 15.5 Å². The van der Waals surface area contributed by atoms with Crippen molar-refractivity contribution in [3.63, 3.8) is 0 Å². The van der Waals surface area contributed by atoms with Crippen LogP contribution in [0, 0.1) is 13.8 Å². The van der Waals surface area contributed by atoms with Gasteiger partial charge in [0, 0.05) is 0 Å². The number of carbonyl (C=O) groups excluding carboxylic acids is 1. The number of amides is 1. The first-order valence-corrected chi connectivity index (χ1v) is 6.59. The highest BCUT2D eigenvalue weighted by Gasteiger charge is 2.11. The summed E-state index contributed by atoms with van der Waals surface area (Å²) in [6.07, 6.45) is 3.17. The van der Waals surface area contributed by atoms with Crippen LogP contribution in [-0.2, 0) is 6.54 Å². The van der Waals surface area contributed by atoms with Gasteiger partial charge in [-0.2, -0.15) is 0 Å². The van der Waals surface area contributed by atoms with Gasteiger partial charge in [0.15, 0.2) is 0 Å². The summed E-state index contributed by atoms with van der Waals surface area (Å²) in [6, 6.07) is 5.85. The van der Waals surface area contributed by atoms with E-state index in [2.05, 4.69) is 36.4 Å². The van der Waals surface area contributed by atoms with E-state index in [0.29, 0.717) is 17.9 Å². The maximum atomic E-state index is 11.4. The lowest BCUT2D eigenvalue weighted by atomic mass is 10.1. The predicted molar refractivity (Wildman–Crippen MR) is 78.7 cm³/mol. The third-order valence-corrected chi connectivity index (χ3v) is 3.61. The van der Waals surface area contributed by atoms with E-state index in [0.717, 1.165) is 11.0 Å². The minimum atomic E-state index is -0.369. The topological polar surface area (TPSA) is 86.1 Å². The minimum Gasteiger partial charge on any atom is -0.467 e. The summed E-state index contributed by atoms with van der Waals surface area (Å²) in [5.41, 5.74) is 6.90. The van der Waals surface area contributed by atoms with Gasteiger partial charge >= 0.3 is 0 Å². The lowest BCUT2D eigenvalue weighted by molar-refractivity contribution is 0.0953. The standard InChI is InChI=1S/C15H16N4O2/c1-9-3-13-14(4-10(9)2)19(8-17-13)6-12-5-11(7-21-12)15(20)18-16/h3-5,7-8H,6,16H2,1-2H3,(H,18,20). The van der Waals surface area contributed by atoms with Gasteiger partial charge in [-0.15, -0.1) is 0 Å². The molecule has 0 saturated carbocycles. The Balaban J connectivity index is 1.93. The van der Waals surface area contributed by atoms with Gasteiger partial charge in [-0.25, -0.2) is 10.8 Å². The summed E-state index contributed by atoms with van der Waals surface area (Å²) in [5, 5.41) is 0. The average molecular weight is 284 g/mol. The highest BCUT2D eigenvalue weighted by atomic mass is 16.3. The summed E-state index contributed by atoms with van der Waals surface area (Å²) in [4.78, 5) is 15.8. The zero-order valence-corrected chi connectivity index (χ0v) is 11.9. The van der Waals surface area contributed by atoms with Crippen molar-refractivity contribution in [1.82, 2.24) is 15.0 Å². The number of hydrogen-bond donors (Lipinski definition) is 2. The van der Waals surface area contributed by atoms with E-state index in [4.69, 9.17) is 10.3 Å². The molecule has 3 rings (SSSR count). The zero-order chi connectivity index (χ0) is 15.0. The van der Waals surface area contributed by atoms with Crippen LogP contribution >= 0.6 is 0 Å². The van der Waals surface area contributed by atoms with Gasteiger partial charge in [0.1, 0.15) is 12.0 Å². The van der Waals surface area contributed by atoms with Crippen LogP contribution in [0.4, 0.5) is 0 Å². The normalized spacial score (nSPS) is 11.0. The third kappa shape index (κ3) is 2.41. The van der Waals surface area contributed by atoms with Gasteiger partial charge < -0.3 is 8.98 Å². The third-order valence-electron chi connectivity index (χ3n) is 3.61. The second-order valence-electron chi connectivity index (χ2n) is 5.07. The number of hydrazine groups is 1.